The summed E-state index contributed by atoms with van der Waals surface area (Å²) in [5.41, 5.74) is 1.88. The molecule has 2 heterocycles. The van der Waals surface area contributed by atoms with Crippen LogP contribution in [-0.2, 0) is 0 Å². The van der Waals surface area contributed by atoms with E-state index in [1.54, 1.807) is 12.4 Å². The van der Waals surface area contributed by atoms with Crippen molar-refractivity contribution in [3.05, 3.63) is 47.8 Å². The third-order valence-electron chi connectivity index (χ3n) is 6.50. The number of rotatable bonds is 16. The topological polar surface area (TPSA) is 61.3 Å². The second kappa shape index (κ2) is 16.2. The second-order valence-corrected chi connectivity index (χ2v) is 9.46. The van der Waals surface area contributed by atoms with Gasteiger partial charge < -0.3 is 9.47 Å². The van der Waals surface area contributed by atoms with Crippen LogP contribution in [0.3, 0.4) is 0 Å². The average Bonchev–Trinajstić information content (AvgIpc) is 2.84. The molecule has 188 valence electrons. The van der Waals surface area contributed by atoms with Crippen molar-refractivity contribution in [2.75, 3.05) is 0 Å². The third-order valence-corrected chi connectivity index (χ3v) is 6.50. The van der Waals surface area contributed by atoms with Gasteiger partial charge in [-0.2, -0.15) is 0 Å². The van der Waals surface area contributed by atoms with Gasteiger partial charge in [0.25, 0.3) is 0 Å². The van der Waals surface area contributed by atoms with Crippen LogP contribution in [0.2, 0.25) is 0 Å². The molecule has 0 fully saturated rings. The van der Waals surface area contributed by atoms with Crippen molar-refractivity contribution >= 4 is 6.16 Å². The molecule has 0 N–H and O–H groups in total. The number of hydrogen-bond acceptors (Lipinski definition) is 5. The van der Waals surface area contributed by atoms with E-state index in [9.17, 15) is 4.79 Å². The van der Waals surface area contributed by atoms with Gasteiger partial charge in [0.05, 0.1) is 0 Å². The third kappa shape index (κ3) is 9.82. The first-order valence-electron chi connectivity index (χ1n) is 13.4. The molecule has 2 rings (SSSR count). The van der Waals surface area contributed by atoms with Crippen LogP contribution >= 0.6 is 0 Å². The number of aromatic nitrogens is 2. The maximum atomic E-state index is 12.7. The predicted octanol–water partition coefficient (Wildman–Crippen LogP) is 8.98. The fourth-order valence-electron chi connectivity index (χ4n) is 4.33. The van der Waals surface area contributed by atoms with Gasteiger partial charge in [-0.3, -0.25) is 0 Å². The average molecular weight is 469 g/mol. The number of unbranched alkanes of at least 4 members (excludes halogenated alkanes) is 8. The predicted molar refractivity (Wildman–Crippen MR) is 139 cm³/mol. The minimum absolute atomic E-state index is 0.260. The number of ether oxygens (including phenoxy) is 2. The minimum atomic E-state index is -0.787. The first-order valence-corrected chi connectivity index (χ1v) is 13.4. The zero-order chi connectivity index (χ0) is 24.6. The number of carbonyl (C=O) groups is 1. The molecule has 0 aliphatic rings. The van der Waals surface area contributed by atoms with Crippen molar-refractivity contribution in [3.8, 4) is 11.8 Å². The molecule has 0 aliphatic heterocycles. The number of pyridine rings is 2. The molecular formula is C29H44N2O3. The molecule has 0 saturated heterocycles. The Bertz CT molecular complexity index is 772. The monoisotopic (exact) mass is 468 g/mol. The molecule has 0 bridgehead atoms. The van der Waals surface area contributed by atoms with Crippen molar-refractivity contribution < 1.29 is 14.3 Å². The minimum Gasteiger partial charge on any atom is -0.375 e. The Morgan fingerprint density at radius 1 is 0.706 bits per heavy atom. The smallest absolute Gasteiger partial charge is 0.375 e. The van der Waals surface area contributed by atoms with Crippen LogP contribution < -0.4 is 9.47 Å². The van der Waals surface area contributed by atoms with E-state index in [0.29, 0.717) is 11.8 Å². The maximum Gasteiger partial charge on any atom is 0.522 e. The molecule has 0 saturated carbocycles. The van der Waals surface area contributed by atoms with Crippen LogP contribution in [-0.4, -0.2) is 16.1 Å². The van der Waals surface area contributed by atoms with Crippen LogP contribution in [0.15, 0.2) is 36.7 Å². The van der Waals surface area contributed by atoms with Crippen molar-refractivity contribution in [3.63, 3.8) is 0 Å². The Balaban J connectivity index is 1.95. The van der Waals surface area contributed by atoms with Crippen molar-refractivity contribution in [2.24, 2.45) is 0 Å². The van der Waals surface area contributed by atoms with E-state index in [4.69, 9.17) is 9.47 Å². The second-order valence-electron chi connectivity index (χ2n) is 9.46. The highest BCUT2D eigenvalue weighted by molar-refractivity contribution is 5.67. The van der Waals surface area contributed by atoms with Gasteiger partial charge in [0, 0.05) is 23.5 Å². The summed E-state index contributed by atoms with van der Waals surface area (Å²) >= 11 is 0. The lowest BCUT2D eigenvalue weighted by Gasteiger charge is -2.16. The lowest BCUT2D eigenvalue weighted by molar-refractivity contribution is 0.146. The maximum absolute atomic E-state index is 12.7. The SMILES string of the molecule is CCCCCCC[C@H](C)c1cccnc1OC(=O)Oc1ncccc1[C@@H](C)CCCCCCC. The Morgan fingerprint density at radius 3 is 1.53 bits per heavy atom. The molecule has 2 atom stereocenters. The van der Waals surface area contributed by atoms with Crippen LogP contribution in [0.5, 0.6) is 11.8 Å². The molecule has 5 nitrogen and oxygen atoms in total. The molecule has 0 amide bonds. The summed E-state index contributed by atoms with van der Waals surface area (Å²) in [6.45, 7) is 8.77. The van der Waals surface area contributed by atoms with E-state index in [-0.39, 0.29) is 11.8 Å². The van der Waals surface area contributed by atoms with Gasteiger partial charge in [0.15, 0.2) is 0 Å². The zero-order valence-electron chi connectivity index (χ0n) is 21.7. The summed E-state index contributed by atoms with van der Waals surface area (Å²) in [6.07, 6.45) is 17.0. The Kier molecular flexibility index (Phi) is 13.3. The van der Waals surface area contributed by atoms with Gasteiger partial charge in [-0.15, -0.1) is 0 Å². The van der Waals surface area contributed by atoms with Gasteiger partial charge in [-0.05, 0) is 36.8 Å². The summed E-state index contributed by atoms with van der Waals surface area (Å²) in [4.78, 5) is 21.3. The fraction of sp³-hybridized carbons (Fsp3) is 0.621. The van der Waals surface area contributed by atoms with Crippen LogP contribution in [0.4, 0.5) is 4.79 Å². The summed E-state index contributed by atoms with van der Waals surface area (Å²) < 4.78 is 11.1. The van der Waals surface area contributed by atoms with Crippen LogP contribution in [0.1, 0.15) is 128 Å². The number of nitrogens with zero attached hydrogens (tertiary/aromatic N) is 2. The van der Waals surface area contributed by atoms with E-state index >= 15 is 0 Å². The van der Waals surface area contributed by atoms with E-state index in [2.05, 4.69) is 37.7 Å². The molecule has 0 spiro atoms. The first kappa shape index (κ1) is 27.8. The molecular weight excluding hydrogens is 424 g/mol. The Hall–Kier alpha value is -2.43. The Labute approximate surface area is 206 Å². The number of hydrogen-bond donors (Lipinski definition) is 0. The molecule has 0 radical (unpaired) electrons. The molecule has 0 aliphatic carbocycles. The van der Waals surface area contributed by atoms with Crippen LogP contribution in [0.25, 0.3) is 0 Å². The molecule has 0 aromatic carbocycles. The van der Waals surface area contributed by atoms with Gasteiger partial charge >= 0.3 is 6.16 Å². The molecule has 0 unspecified atom stereocenters. The van der Waals surface area contributed by atoms with Crippen molar-refractivity contribution in [2.45, 2.75) is 117 Å². The summed E-state index contributed by atoms with van der Waals surface area (Å²) in [7, 11) is 0. The van der Waals surface area contributed by atoms with E-state index in [1.165, 1.54) is 51.4 Å². The lowest BCUT2D eigenvalue weighted by atomic mass is 9.95. The number of carbonyl (C=O) groups excluding carboxylic acids is 1. The highest BCUT2D eigenvalue weighted by Crippen LogP contribution is 2.31. The highest BCUT2D eigenvalue weighted by atomic mass is 16.7. The van der Waals surface area contributed by atoms with E-state index in [0.717, 1.165) is 36.8 Å². The molecule has 34 heavy (non-hydrogen) atoms. The molecule has 2 aromatic rings. The highest BCUT2D eigenvalue weighted by Gasteiger charge is 2.20. The van der Waals surface area contributed by atoms with Crippen molar-refractivity contribution in [1.29, 1.82) is 0 Å². The standard InChI is InChI=1S/C29H44N2O3/c1-5-7-9-11-13-17-23(3)25-19-15-21-30-27(25)33-29(32)34-28-26(20-16-22-31-28)24(4)18-14-12-10-8-6-2/h15-16,19-24H,5-14,17-18H2,1-4H3/t23-,24-/m0/s1. The van der Waals surface area contributed by atoms with Gasteiger partial charge in [0.1, 0.15) is 0 Å². The summed E-state index contributed by atoms with van der Waals surface area (Å²) in [5.74, 6) is 1.18. The van der Waals surface area contributed by atoms with E-state index < -0.39 is 6.16 Å². The molecule has 5 heteroatoms. The van der Waals surface area contributed by atoms with Crippen LogP contribution in [0, 0.1) is 0 Å². The van der Waals surface area contributed by atoms with E-state index in [1.807, 2.05) is 24.3 Å². The van der Waals surface area contributed by atoms with Gasteiger partial charge in [0.2, 0.25) is 11.8 Å². The van der Waals surface area contributed by atoms with Gasteiger partial charge in [-0.25, -0.2) is 14.8 Å². The first-order chi connectivity index (χ1) is 16.6. The van der Waals surface area contributed by atoms with Gasteiger partial charge in [-0.1, -0.05) is 104 Å². The zero-order valence-corrected chi connectivity index (χ0v) is 21.7. The normalized spacial score (nSPS) is 12.8. The largest absolute Gasteiger partial charge is 0.522 e. The summed E-state index contributed by atoms with van der Waals surface area (Å²) in [5, 5.41) is 0. The summed E-state index contributed by atoms with van der Waals surface area (Å²) in [6, 6.07) is 7.75. The lowest BCUT2D eigenvalue weighted by Crippen LogP contribution is -2.18. The molecule has 2 aromatic heterocycles. The van der Waals surface area contributed by atoms with Crippen molar-refractivity contribution in [1.82, 2.24) is 9.97 Å². The Morgan fingerprint density at radius 2 is 1.12 bits per heavy atom. The fourth-order valence-corrected chi connectivity index (χ4v) is 4.33. The quantitative estimate of drug-likeness (QED) is 0.182.